The maximum absolute atomic E-state index is 12.5. The molecule has 0 aliphatic heterocycles. The van der Waals surface area contributed by atoms with E-state index in [1.807, 2.05) is 0 Å². The fourth-order valence-electron chi connectivity index (χ4n) is 0.899. The Morgan fingerprint density at radius 1 is 1.58 bits per heavy atom. The van der Waals surface area contributed by atoms with Gasteiger partial charge < -0.3 is 10.8 Å². The number of hydrogen-bond acceptors (Lipinski definition) is 2. The maximum Gasteiger partial charge on any atom is 0.124 e. The second-order valence-corrected chi connectivity index (χ2v) is 2.82. The maximum atomic E-state index is 12.5. The molecule has 3 N–H and O–H groups in total. The van der Waals surface area contributed by atoms with E-state index < -0.39 is 11.9 Å². The van der Waals surface area contributed by atoms with Crippen molar-refractivity contribution in [1.82, 2.24) is 0 Å². The number of hydrogen-bond donors (Lipinski definition) is 2. The Morgan fingerprint density at radius 2 is 2.25 bits per heavy atom. The number of rotatable bonds is 2. The fourth-order valence-corrected chi connectivity index (χ4v) is 1.19. The molecule has 0 saturated heterocycles. The number of aliphatic hydroxyl groups is 1. The van der Waals surface area contributed by atoms with Crippen molar-refractivity contribution >= 4 is 11.6 Å². The molecule has 0 amide bonds. The second kappa shape index (κ2) is 3.85. The topological polar surface area (TPSA) is 46.2 Å². The van der Waals surface area contributed by atoms with Gasteiger partial charge in [-0.05, 0) is 12.1 Å². The van der Waals surface area contributed by atoms with Crippen molar-refractivity contribution in [1.29, 1.82) is 0 Å². The molecule has 0 aliphatic carbocycles. The lowest BCUT2D eigenvalue weighted by molar-refractivity contribution is 0.187. The Bertz CT molecular complexity index is 280. The van der Waals surface area contributed by atoms with Crippen molar-refractivity contribution in [2.24, 2.45) is 5.73 Å². The zero-order chi connectivity index (χ0) is 9.14. The Hall–Kier alpha value is -0.640. The monoisotopic (exact) mass is 189 g/mol. The van der Waals surface area contributed by atoms with Crippen LogP contribution in [0.1, 0.15) is 11.7 Å². The molecule has 12 heavy (non-hydrogen) atoms. The van der Waals surface area contributed by atoms with Crippen LogP contribution in [0.4, 0.5) is 4.39 Å². The molecule has 1 aromatic carbocycles. The molecular formula is C8H9ClFNO. The van der Waals surface area contributed by atoms with Crippen LogP contribution < -0.4 is 5.73 Å². The van der Waals surface area contributed by atoms with Gasteiger partial charge in [0.1, 0.15) is 5.82 Å². The Labute approximate surface area is 74.8 Å². The third-order valence-corrected chi connectivity index (χ3v) is 1.87. The van der Waals surface area contributed by atoms with Crippen LogP contribution in [0.3, 0.4) is 0 Å². The van der Waals surface area contributed by atoms with E-state index in [9.17, 15) is 9.50 Å². The predicted octanol–water partition coefficient (Wildman–Crippen LogP) is 1.47. The molecule has 66 valence electrons. The minimum Gasteiger partial charge on any atom is -0.387 e. The number of aliphatic hydroxyl groups excluding tert-OH is 1. The summed E-state index contributed by atoms with van der Waals surface area (Å²) in [6.07, 6.45) is -0.821. The molecule has 0 spiro atoms. The van der Waals surface area contributed by atoms with Crippen LogP contribution in [-0.4, -0.2) is 11.7 Å². The molecule has 0 radical (unpaired) electrons. The first-order valence-corrected chi connectivity index (χ1v) is 3.86. The van der Waals surface area contributed by atoms with E-state index >= 15 is 0 Å². The molecule has 0 heterocycles. The number of halogens is 2. The number of benzene rings is 1. The summed E-state index contributed by atoms with van der Waals surface area (Å²) in [4.78, 5) is 0. The SMILES string of the molecule is NC[C@@H](O)c1ccc(F)cc1Cl. The first-order chi connectivity index (χ1) is 5.65. The average Bonchev–Trinajstić information content (AvgIpc) is 2.03. The van der Waals surface area contributed by atoms with Crippen LogP contribution in [0.25, 0.3) is 0 Å². The molecule has 1 atom stereocenters. The molecule has 0 fully saturated rings. The van der Waals surface area contributed by atoms with Gasteiger partial charge in [-0.2, -0.15) is 0 Å². The van der Waals surface area contributed by atoms with Crippen LogP contribution in [0.15, 0.2) is 18.2 Å². The van der Waals surface area contributed by atoms with Gasteiger partial charge in [0.15, 0.2) is 0 Å². The van der Waals surface area contributed by atoms with E-state index in [2.05, 4.69) is 0 Å². The van der Waals surface area contributed by atoms with Crippen molar-refractivity contribution in [2.75, 3.05) is 6.54 Å². The Balaban J connectivity index is 3.01. The zero-order valence-corrected chi connectivity index (χ0v) is 7.05. The second-order valence-electron chi connectivity index (χ2n) is 2.42. The van der Waals surface area contributed by atoms with E-state index in [1.165, 1.54) is 12.1 Å². The molecule has 1 rings (SSSR count). The lowest BCUT2D eigenvalue weighted by Gasteiger charge is -2.09. The summed E-state index contributed by atoms with van der Waals surface area (Å²) in [5, 5.41) is 9.47. The summed E-state index contributed by atoms with van der Waals surface area (Å²) in [6.45, 7) is 0.0748. The van der Waals surface area contributed by atoms with Gasteiger partial charge in [0.2, 0.25) is 0 Å². The minimum absolute atomic E-state index is 0.0748. The molecule has 0 bridgehead atoms. The summed E-state index contributed by atoms with van der Waals surface area (Å²) >= 11 is 5.65. The van der Waals surface area contributed by atoms with E-state index in [1.54, 1.807) is 0 Å². The Kier molecular flexibility index (Phi) is 3.03. The highest BCUT2D eigenvalue weighted by Gasteiger charge is 2.09. The van der Waals surface area contributed by atoms with Gasteiger partial charge in [0, 0.05) is 17.1 Å². The molecule has 0 aliphatic rings. The van der Waals surface area contributed by atoms with Crippen LogP contribution in [0, 0.1) is 5.82 Å². The summed E-state index contributed by atoms with van der Waals surface area (Å²) in [5.74, 6) is -0.423. The van der Waals surface area contributed by atoms with E-state index in [4.69, 9.17) is 17.3 Å². The molecule has 1 aromatic rings. The van der Waals surface area contributed by atoms with Gasteiger partial charge in [-0.3, -0.25) is 0 Å². The summed E-state index contributed by atoms with van der Waals surface area (Å²) in [5.41, 5.74) is 5.67. The summed E-state index contributed by atoms with van der Waals surface area (Å²) in [7, 11) is 0. The first kappa shape index (κ1) is 9.45. The third-order valence-electron chi connectivity index (χ3n) is 1.54. The quantitative estimate of drug-likeness (QED) is 0.740. The lowest BCUT2D eigenvalue weighted by Crippen LogP contribution is -2.11. The Morgan fingerprint density at radius 3 is 2.75 bits per heavy atom. The summed E-state index contributed by atoms with van der Waals surface area (Å²) in [6, 6.07) is 3.81. The highest BCUT2D eigenvalue weighted by molar-refractivity contribution is 6.31. The highest BCUT2D eigenvalue weighted by atomic mass is 35.5. The molecule has 0 unspecified atom stereocenters. The molecule has 2 nitrogen and oxygen atoms in total. The van der Waals surface area contributed by atoms with Crippen LogP contribution >= 0.6 is 11.6 Å². The van der Waals surface area contributed by atoms with Gasteiger partial charge in [-0.15, -0.1) is 0 Å². The van der Waals surface area contributed by atoms with E-state index in [-0.39, 0.29) is 11.6 Å². The van der Waals surface area contributed by atoms with Gasteiger partial charge >= 0.3 is 0 Å². The molecule has 0 aromatic heterocycles. The summed E-state index contributed by atoms with van der Waals surface area (Å²) < 4.78 is 12.5. The average molecular weight is 190 g/mol. The first-order valence-electron chi connectivity index (χ1n) is 3.48. The molecule has 0 saturated carbocycles. The van der Waals surface area contributed by atoms with E-state index in [0.29, 0.717) is 5.56 Å². The highest BCUT2D eigenvalue weighted by Crippen LogP contribution is 2.22. The van der Waals surface area contributed by atoms with Gasteiger partial charge in [-0.25, -0.2) is 4.39 Å². The van der Waals surface area contributed by atoms with Crippen LogP contribution in [0.2, 0.25) is 5.02 Å². The van der Waals surface area contributed by atoms with Crippen LogP contribution in [0.5, 0.6) is 0 Å². The third kappa shape index (κ3) is 1.94. The van der Waals surface area contributed by atoms with Crippen molar-refractivity contribution in [3.8, 4) is 0 Å². The van der Waals surface area contributed by atoms with Crippen LogP contribution in [-0.2, 0) is 0 Å². The predicted molar refractivity (Wildman–Crippen MR) is 45.4 cm³/mol. The van der Waals surface area contributed by atoms with Gasteiger partial charge in [0.25, 0.3) is 0 Å². The lowest BCUT2D eigenvalue weighted by atomic mass is 10.1. The van der Waals surface area contributed by atoms with Crippen molar-refractivity contribution in [3.05, 3.63) is 34.6 Å². The largest absolute Gasteiger partial charge is 0.387 e. The van der Waals surface area contributed by atoms with Crippen molar-refractivity contribution < 1.29 is 9.50 Å². The van der Waals surface area contributed by atoms with E-state index in [0.717, 1.165) is 6.07 Å². The zero-order valence-electron chi connectivity index (χ0n) is 6.30. The molecule has 4 heteroatoms. The molecular weight excluding hydrogens is 181 g/mol. The smallest absolute Gasteiger partial charge is 0.124 e. The number of nitrogens with two attached hydrogens (primary N) is 1. The standard InChI is InChI=1S/C8H9ClFNO/c9-7-3-5(10)1-2-6(7)8(12)4-11/h1-3,8,12H,4,11H2/t8-/m1/s1. The normalized spacial score (nSPS) is 13.0. The minimum atomic E-state index is -0.821. The van der Waals surface area contributed by atoms with Crippen molar-refractivity contribution in [3.63, 3.8) is 0 Å². The van der Waals surface area contributed by atoms with Gasteiger partial charge in [-0.1, -0.05) is 17.7 Å². The van der Waals surface area contributed by atoms with Gasteiger partial charge in [0.05, 0.1) is 6.10 Å². The van der Waals surface area contributed by atoms with Crippen molar-refractivity contribution in [2.45, 2.75) is 6.10 Å². The fraction of sp³-hybridized carbons (Fsp3) is 0.250.